The van der Waals surface area contributed by atoms with Crippen molar-refractivity contribution in [3.63, 3.8) is 0 Å². The average molecular weight is 355 g/mol. The highest BCUT2D eigenvalue weighted by Crippen LogP contribution is 2.31. The molecule has 0 saturated carbocycles. The Balaban J connectivity index is 1.51. The number of carbonyl (C=O) groups excluding carboxylic acids is 2. The highest BCUT2D eigenvalue weighted by molar-refractivity contribution is 8.18. The Morgan fingerprint density at radius 3 is 2.08 bits per heavy atom. The van der Waals surface area contributed by atoms with Gasteiger partial charge in [-0.25, -0.2) is 0 Å². The molecular formula is C19H17NO4S. The van der Waals surface area contributed by atoms with E-state index in [-0.39, 0.29) is 11.1 Å². The minimum absolute atomic E-state index is 0.255. The molecule has 1 saturated heterocycles. The largest absolute Gasteiger partial charge is 0.490 e. The van der Waals surface area contributed by atoms with Crippen LogP contribution in [-0.4, -0.2) is 36.3 Å². The first kappa shape index (κ1) is 17.1. The van der Waals surface area contributed by atoms with Gasteiger partial charge < -0.3 is 9.47 Å². The minimum atomic E-state index is -0.270. The first-order valence-electron chi connectivity index (χ1n) is 7.76. The van der Waals surface area contributed by atoms with Gasteiger partial charge in [0.2, 0.25) is 0 Å². The summed E-state index contributed by atoms with van der Waals surface area (Å²) in [5.74, 6) is 1.26. The Hall–Kier alpha value is -2.73. The number of benzene rings is 2. The van der Waals surface area contributed by atoms with Crippen molar-refractivity contribution < 1.29 is 19.1 Å². The molecule has 6 heteroatoms. The maximum absolute atomic E-state index is 11.9. The number of rotatable bonds is 6. The minimum Gasteiger partial charge on any atom is -0.490 e. The Kier molecular flexibility index (Phi) is 5.40. The fourth-order valence-electron chi connectivity index (χ4n) is 2.19. The summed E-state index contributed by atoms with van der Waals surface area (Å²) in [5, 5.41) is -0.255. The van der Waals surface area contributed by atoms with E-state index in [4.69, 9.17) is 9.47 Å². The third kappa shape index (κ3) is 4.42. The van der Waals surface area contributed by atoms with Gasteiger partial charge in [-0.2, -0.15) is 0 Å². The molecule has 2 aromatic carbocycles. The number of amides is 2. The molecule has 0 N–H and O–H groups in total. The number of hydrogen-bond donors (Lipinski definition) is 0. The van der Waals surface area contributed by atoms with Crippen molar-refractivity contribution >= 4 is 29.0 Å². The summed E-state index contributed by atoms with van der Waals surface area (Å²) in [7, 11) is 1.48. The quantitative estimate of drug-likeness (QED) is 0.582. The normalized spacial score (nSPS) is 15.7. The Morgan fingerprint density at radius 1 is 0.920 bits per heavy atom. The highest BCUT2D eigenvalue weighted by atomic mass is 32.2. The standard InChI is InChI=1S/C19H17NO4S/c1-20-18(21)17(25-19(20)22)13-14-7-9-16(10-8-14)24-12-11-23-15-5-3-2-4-6-15/h2-10,13H,11-12H2,1H3/b17-13+. The van der Waals surface area contributed by atoms with Crippen LogP contribution in [0.15, 0.2) is 59.5 Å². The number of hydrogen-bond acceptors (Lipinski definition) is 5. The topological polar surface area (TPSA) is 55.8 Å². The number of imide groups is 1. The molecule has 0 bridgehead atoms. The maximum atomic E-state index is 11.9. The van der Waals surface area contributed by atoms with E-state index >= 15 is 0 Å². The van der Waals surface area contributed by atoms with Crippen LogP contribution in [0.4, 0.5) is 4.79 Å². The van der Waals surface area contributed by atoms with Crippen LogP contribution >= 0.6 is 11.8 Å². The first-order valence-corrected chi connectivity index (χ1v) is 8.57. The lowest BCUT2D eigenvalue weighted by Crippen LogP contribution is -2.22. The molecule has 0 spiro atoms. The van der Waals surface area contributed by atoms with Crippen molar-refractivity contribution in [2.45, 2.75) is 0 Å². The molecule has 128 valence electrons. The smallest absolute Gasteiger partial charge is 0.293 e. The second kappa shape index (κ2) is 7.90. The van der Waals surface area contributed by atoms with Gasteiger partial charge in [0, 0.05) is 7.05 Å². The predicted molar refractivity (Wildman–Crippen MR) is 97.6 cm³/mol. The van der Waals surface area contributed by atoms with Gasteiger partial charge in [0.25, 0.3) is 11.1 Å². The molecule has 1 heterocycles. The summed E-state index contributed by atoms with van der Waals surface area (Å²) in [6, 6.07) is 16.9. The molecule has 1 aliphatic heterocycles. The molecule has 2 aromatic rings. The van der Waals surface area contributed by atoms with E-state index < -0.39 is 0 Å². The molecule has 1 aliphatic rings. The number of carbonyl (C=O) groups is 2. The van der Waals surface area contributed by atoms with E-state index in [0.29, 0.717) is 18.1 Å². The predicted octanol–water partition coefficient (Wildman–Crippen LogP) is 3.81. The Morgan fingerprint density at radius 2 is 1.52 bits per heavy atom. The number of ether oxygens (including phenoxy) is 2. The third-order valence-corrected chi connectivity index (χ3v) is 4.49. The SMILES string of the molecule is CN1C(=O)S/C(=C/c2ccc(OCCOc3ccccc3)cc2)C1=O. The Labute approximate surface area is 150 Å². The molecule has 0 radical (unpaired) electrons. The van der Waals surface area contributed by atoms with Gasteiger partial charge in [0.1, 0.15) is 24.7 Å². The maximum Gasteiger partial charge on any atom is 0.293 e. The molecule has 3 rings (SSSR count). The molecule has 0 aromatic heterocycles. The van der Waals surface area contributed by atoms with Crippen LogP contribution < -0.4 is 9.47 Å². The summed E-state index contributed by atoms with van der Waals surface area (Å²) in [4.78, 5) is 24.9. The molecule has 5 nitrogen and oxygen atoms in total. The molecule has 0 aliphatic carbocycles. The summed E-state index contributed by atoms with van der Waals surface area (Å²) in [5.41, 5.74) is 0.840. The fourth-order valence-corrected chi connectivity index (χ4v) is 3.02. The lowest BCUT2D eigenvalue weighted by atomic mass is 10.2. The lowest BCUT2D eigenvalue weighted by molar-refractivity contribution is -0.121. The summed E-state index contributed by atoms with van der Waals surface area (Å²) in [6.07, 6.45) is 1.71. The average Bonchev–Trinajstić information content (AvgIpc) is 2.88. The van der Waals surface area contributed by atoms with Crippen molar-refractivity contribution in [2.24, 2.45) is 0 Å². The molecule has 0 unspecified atom stereocenters. The van der Waals surface area contributed by atoms with Crippen LogP contribution in [0.1, 0.15) is 5.56 Å². The number of likely N-dealkylation sites (N-methyl/N-ethyl adjacent to an activating group) is 1. The number of para-hydroxylation sites is 1. The zero-order chi connectivity index (χ0) is 17.6. The van der Waals surface area contributed by atoms with Crippen LogP contribution in [0.25, 0.3) is 6.08 Å². The molecule has 2 amide bonds. The van der Waals surface area contributed by atoms with E-state index in [1.54, 1.807) is 6.08 Å². The van der Waals surface area contributed by atoms with Gasteiger partial charge in [0.15, 0.2) is 0 Å². The lowest BCUT2D eigenvalue weighted by Gasteiger charge is -2.08. The number of nitrogens with zero attached hydrogens (tertiary/aromatic N) is 1. The van der Waals surface area contributed by atoms with Crippen molar-refractivity contribution in [1.82, 2.24) is 4.90 Å². The van der Waals surface area contributed by atoms with Crippen molar-refractivity contribution in [3.05, 3.63) is 65.1 Å². The second-order valence-corrected chi connectivity index (χ2v) is 6.31. The van der Waals surface area contributed by atoms with Gasteiger partial charge in [-0.05, 0) is 47.7 Å². The number of thioether (sulfide) groups is 1. The van der Waals surface area contributed by atoms with Gasteiger partial charge >= 0.3 is 0 Å². The van der Waals surface area contributed by atoms with Crippen molar-refractivity contribution in [1.29, 1.82) is 0 Å². The monoisotopic (exact) mass is 355 g/mol. The van der Waals surface area contributed by atoms with Gasteiger partial charge in [-0.1, -0.05) is 30.3 Å². The van der Waals surface area contributed by atoms with E-state index in [0.717, 1.165) is 33.7 Å². The van der Waals surface area contributed by atoms with Crippen molar-refractivity contribution in [3.8, 4) is 11.5 Å². The highest BCUT2D eigenvalue weighted by Gasteiger charge is 2.31. The Bertz CT molecular complexity index is 787. The summed E-state index contributed by atoms with van der Waals surface area (Å²) in [6.45, 7) is 0.887. The van der Waals surface area contributed by atoms with Crippen LogP contribution in [-0.2, 0) is 4.79 Å². The van der Waals surface area contributed by atoms with E-state index in [2.05, 4.69) is 0 Å². The van der Waals surface area contributed by atoms with Crippen LogP contribution in [0.5, 0.6) is 11.5 Å². The van der Waals surface area contributed by atoms with Gasteiger partial charge in [-0.3, -0.25) is 14.5 Å². The van der Waals surface area contributed by atoms with Crippen LogP contribution in [0.3, 0.4) is 0 Å². The summed E-state index contributed by atoms with van der Waals surface area (Å²) >= 11 is 0.946. The van der Waals surface area contributed by atoms with E-state index in [1.165, 1.54) is 7.05 Å². The summed E-state index contributed by atoms with van der Waals surface area (Å²) < 4.78 is 11.2. The molecular weight excluding hydrogens is 338 g/mol. The van der Waals surface area contributed by atoms with E-state index in [1.807, 2.05) is 54.6 Å². The fraction of sp³-hybridized carbons (Fsp3) is 0.158. The van der Waals surface area contributed by atoms with E-state index in [9.17, 15) is 9.59 Å². The molecule has 1 fully saturated rings. The third-order valence-electron chi connectivity index (χ3n) is 3.53. The van der Waals surface area contributed by atoms with Crippen LogP contribution in [0, 0.1) is 0 Å². The van der Waals surface area contributed by atoms with Crippen LogP contribution in [0.2, 0.25) is 0 Å². The van der Waals surface area contributed by atoms with Gasteiger partial charge in [-0.15, -0.1) is 0 Å². The molecule has 25 heavy (non-hydrogen) atoms. The first-order chi connectivity index (χ1) is 12.1. The van der Waals surface area contributed by atoms with Crippen molar-refractivity contribution in [2.75, 3.05) is 20.3 Å². The molecule has 0 atom stereocenters. The van der Waals surface area contributed by atoms with Gasteiger partial charge in [0.05, 0.1) is 4.91 Å². The zero-order valence-corrected chi connectivity index (χ0v) is 14.5. The zero-order valence-electron chi connectivity index (χ0n) is 13.7. The second-order valence-electron chi connectivity index (χ2n) is 5.32.